The number of amides is 1. The molecular weight excluding hydrogens is 368 g/mol. The first kappa shape index (κ1) is 17.2. The molecule has 1 atom stereocenters. The Morgan fingerprint density at radius 1 is 1.31 bits per heavy atom. The predicted octanol–water partition coefficient (Wildman–Crippen LogP) is 3.88. The molecule has 26 heavy (non-hydrogen) atoms. The number of rotatable bonds is 4. The summed E-state index contributed by atoms with van der Waals surface area (Å²) in [6, 6.07) is 11.5. The Kier molecular flexibility index (Phi) is 5.04. The number of anilines is 1. The van der Waals surface area contributed by atoms with Crippen molar-refractivity contribution in [3.8, 4) is 0 Å². The number of carbonyl (C=O) groups is 1. The number of aromatic nitrogens is 2. The fourth-order valence-corrected chi connectivity index (χ4v) is 4.37. The zero-order valence-electron chi connectivity index (χ0n) is 14.2. The third-order valence-corrected chi connectivity index (χ3v) is 6.04. The maximum absolute atomic E-state index is 12.6. The molecule has 2 aromatic heterocycles. The van der Waals surface area contributed by atoms with Crippen molar-refractivity contribution in [2.24, 2.45) is 5.92 Å². The molecule has 1 aliphatic rings. The number of carbonyl (C=O) groups excluding carboxylic acids is 1. The van der Waals surface area contributed by atoms with Gasteiger partial charge in [-0.3, -0.25) is 4.79 Å². The van der Waals surface area contributed by atoms with Gasteiger partial charge in [-0.25, -0.2) is 9.97 Å². The molecule has 3 aromatic rings. The molecule has 4 rings (SSSR count). The van der Waals surface area contributed by atoms with Gasteiger partial charge in [0.2, 0.25) is 5.91 Å². The van der Waals surface area contributed by atoms with E-state index >= 15 is 0 Å². The maximum Gasteiger partial charge on any atom is 0.225 e. The number of nitrogens with zero attached hydrogens (tertiary/aromatic N) is 3. The van der Waals surface area contributed by atoms with Crippen LogP contribution < -0.4 is 10.2 Å². The summed E-state index contributed by atoms with van der Waals surface area (Å²) < 4.78 is 0. The number of nitrogens with one attached hydrogen (secondary N) is 1. The zero-order chi connectivity index (χ0) is 17.9. The van der Waals surface area contributed by atoms with E-state index < -0.39 is 0 Å². The van der Waals surface area contributed by atoms with Crippen LogP contribution in [0.1, 0.15) is 18.4 Å². The first-order valence-corrected chi connectivity index (χ1v) is 9.88. The van der Waals surface area contributed by atoms with Crippen molar-refractivity contribution >= 4 is 44.3 Å². The number of hydrogen-bond donors (Lipinski definition) is 1. The second kappa shape index (κ2) is 7.60. The molecule has 1 fully saturated rings. The highest BCUT2D eigenvalue weighted by Crippen LogP contribution is 2.30. The third kappa shape index (κ3) is 3.66. The van der Waals surface area contributed by atoms with E-state index in [1.165, 1.54) is 0 Å². The van der Waals surface area contributed by atoms with Crippen molar-refractivity contribution in [2.45, 2.75) is 19.4 Å². The highest BCUT2D eigenvalue weighted by molar-refractivity contribution is 7.21. The Morgan fingerprint density at radius 3 is 3.04 bits per heavy atom. The molecule has 1 amide bonds. The molecule has 0 unspecified atom stereocenters. The summed E-state index contributed by atoms with van der Waals surface area (Å²) >= 11 is 7.75. The topological polar surface area (TPSA) is 58.1 Å². The molecule has 0 bridgehead atoms. The van der Waals surface area contributed by atoms with E-state index in [-0.39, 0.29) is 11.8 Å². The second-order valence-corrected chi connectivity index (χ2v) is 7.78. The van der Waals surface area contributed by atoms with Crippen molar-refractivity contribution < 1.29 is 4.79 Å². The van der Waals surface area contributed by atoms with Crippen molar-refractivity contribution in [1.82, 2.24) is 15.3 Å². The van der Waals surface area contributed by atoms with Gasteiger partial charge in [-0.2, -0.15) is 0 Å². The lowest BCUT2D eigenvalue weighted by molar-refractivity contribution is -0.125. The van der Waals surface area contributed by atoms with E-state index in [2.05, 4.69) is 20.2 Å². The first-order valence-electron chi connectivity index (χ1n) is 8.68. The molecular formula is C19H19ClN4OS. The van der Waals surface area contributed by atoms with E-state index in [1.807, 2.05) is 36.4 Å². The van der Waals surface area contributed by atoms with Gasteiger partial charge in [-0.15, -0.1) is 0 Å². The van der Waals surface area contributed by atoms with Crippen LogP contribution in [0.4, 0.5) is 5.13 Å². The SMILES string of the molecule is O=C(NCc1ccccc1Cl)[C@H]1CCCN(c2nc3cccnc3s2)C1. The van der Waals surface area contributed by atoms with Gasteiger partial charge in [0.15, 0.2) is 5.13 Å². The van der Waals surface area contributed by atoms with Crippen LogP contribution in [-0.4, -0.2) is 29.0 Å². The molecule has 7 heteroatoms. The molecule has 0 aliphatic carbocycles. The average Bonchev–Trinajstić information content (AvgIpc) is 3.11. The highest BCUT2D eigenvalue weighted by atomic mass is 35.5. The van der Waals surface area contributed by atoms with Crippen molar-refractivity contribution in [3.05, 3.63) is 53.2 Å². The van der Waals surface area contributed by atoms with Crippen LogP contribution in [0.25, 0.3) is 10.3 Å². The maximum atomic E-state index is 12.6. The van der Waals surface area contributed by atoms with E-state index in [4.69, 9.17) is 11.6 Å². The quantitative estimate of drug-likeness (QED) is 0.739. The number of fused-ring (bicyclic) bond motifs is 1. The molecule has 1 aromatic carbocycles. The number of pyridine rings is 1. The molecule has 0 spiro atoms. The minimum absolute atomic E-state index is 0.0359. The number of hydrogen-bond acceptors (Lipinski definition) is 5. The summed E-state index contributed by atoms with van der Waals surface area (Å²) in [6.07, 6.45) is 3.66. The standard InChI is InChI=1S/C19H19ClN4OS/c20-15-7-2-1-5-13(15)11-22-17(25)14-6-4-10-24(12-14)19-23-16-8-3-9-21-18(16)26-19/h1-3,5,7-9,14H,4,6,10-12H2,(H,22,25)/t14-/m0/s1. The van der Waals surface area contributed by atoms with E-state index in [0.717, 1.165) is 40.4 Å². The van der Waals surface area contributed by atoms with Crippen molar-refractivity contribution in [2.75, 3.05) is 18.0 Å². The molecule has 5 nitrogen and oxygen atoms in total. The second-order valence-electron chi connectivity index (χ2n) is 6.42. The van der Waals surface area contributed by atoms with Crippen LogP contribution in [-0.2, 0) is 11.3 Å². The number of piperidine rings is 1. The molecule has 3 heterocycles. The Morgan fingerprint density at radius 2 is 2.19 bits per heavy atom. The van der Waals surface area contributed by atoms with Gasteiger partial charge in [-0.1, -0.05) is 41.1 Å². The van der Waals surface area contributed by atoms with E-state index in [0.29, 0.717) is 18.1 Å². The summed E-state index contributed by atoms with van der Waals surface area (Å²) in [6.45, 7) is 2.07. The monoisotopic (exact) mass is 386 g/mol. The fourth-order valence-electron chi connectivity index (χ4n) is 3.23. The first-order chi connectivity index (χ1) is 12.7. The molecule has 1 aliphatic heterocycles. The summed E-state index contributed by atoms with van der Waals surface area (Å²) in [5.74, 6) is 0.0417. The Hall–Kier alpha value is -2.18. The van der Waals surface area contributed by atoms with Gasteiger partial charge in [0, 0.05) is 30.9 Å². The lowest BCUT2D eigenvalue weighted by atomic mass is 9.97. The summed E-state index contributed by atoms with van der Waals surface area (Å²) in [5, 5.41) is 4.66. The number of benzene rings is 1. The molecule has 134 valence electrons. The van der Waals surface area contributed by atoms with Crippen LogP contribution in [0.3, 0.4) is 0 Å². The lowest BCUT2D eigenvalue weighted by Crippen LogP contribution is -2.43. The summed E-state index contributed by atoms with van der Waals surface area (Å²) in [4.78, 5) is 24.8. The normalized spacial score (nSPS) is 17.4. The minimum atomic E-state index is -0.0359. The third-order valence-electron chi connectivity index (χ3n) is 4.63. The molecule has 0 radical (unpaired) electrons. The van der Waals surface area contributed by atoms with Gasteiger partial charge in [0.05, 0.1) is 5.92 Å². The van der Waals surface area contributed by atoms with Crippen LogP contribution in [0.5, 0.6) is 0 Å². The van der Waals surface area contributed by atoms with Crippen molar-refractivity contribution in [1.29, 1.82) is 0 Å². The summed E-state index contributed by atoms with van der Waals surface area (Å²) in [7, 11) is 0. The Labute approximate surface area is 161 Å². The zero-order valence-corrected chi connectivity index (χ0v) is 15.8. The van der Waals surface area contributed by atoms with Crippen molar-refractivity contribution in [3.63, 3.8) is 0 Å². The lowest BCUT2D eigenvalue weighted by Gasteiger charge is -2.31. The van der Waals surface area contributed by atoms with E-state index in [1.54, 1.807) is 17.5 Å². The Balaban J connectivity index is 1.41. The van der Waals surface area contributed by atoms with E-state index in [9.17, 15) is 4.79 Å². The van der Waals surface area contributed by atoms with Crippen LogP contribution in [0.2, 0.25) is 5.02 Å². The van der Waals surface area contributed by atoms with Crippen LogP contribution >= 0.6 is 22.9 Å². The minimum Gasteiger partial charge on any atom is -0.352 e. The Bertz CT molecular complexity index is 896. The van der Waals surface area contributed by atoms with Gasteiger partial charge in [-0.05, 0) is 36.6 Å². The number of thiazole rings is 1. The van der Waals surface area contributed by atoms with Crippen LogP contribution in [0.15, 0.2) is 42.6 Å². The van der Waals surface area contributed by atoms with Gasteiger partial charge >= 0.3 is 0 Å². The number of halogens is 1. The summed E-state index contributed by atoms with van der Waals surface area (Å²) in [5.41, 5.74) is 1.85. The molecule has 1 N–H and O–H groups in total. The molecule has 0 saturated carbocycles. The predicted molar refractivity (Wildman–Crippen MR) is 106 cm³/mol. The molecule has 1 saturated heterocycles. The van der Waals surface area contributed by atoms with Gasteiger partial charge in [0.1, 0.15) is 10.3 Å². The fraction of sp³-hybridized carbons (Fsp3) is 0.316. The van der Waals surface area contributed by atoms with Gasteiger partial charge < -0.3 is 10.2 Å². The van der Waals surface area contributed by atoms with Gasteiger partial charge in [0.25, 0.3) is 0 Å². The highest BCUT2D eigenvalue weighted by Gasteiger charge is 2.27. The largest absolute Gasteiger partial charge is 0.352 e. The smallest absolute Gasteiger partial charge is 0.225 e. The average molecular weight is 387 g/mol. The van der Waals surface area contributed by atoms with Crippen LogP contribution in [0, 0.1) is 5.92 Å².